The quantitative estimate of drug-likeness (QED) is 0.817. The van der Waals surface area contributed by atoms with Crippen molar-refractivity contribution in [1.82, 2.24) is 5.16 Å². The van der Waals surface area contributed by atoms with Gasteiger partial charge in [0.15, 0.2) is 11.4 Å². The van der Waals surface area contributed by atoms with Gasteiger partial charge in [0.2, 0.25) is 0 Å². The van der Waals surface area contributed by atoms with Crippen molar-refractivity contribution in [3.8, 4) is 0 Å². The van der Waals surface area contributed by atoms with E-state index in [0.717, 1.165) is 17.4 Å². The van der Waals surface area contributed by atoms with Crippen molar-refractivity contribution >= 4 is 16.8 Å². The normalized spacial score (nSPS) is 12.2. The Balaban J connectivity index is 2.59. The molecule has 0 saturated carbocycles. The largest absolute Gasteiger partial charge is 0.380 e. The van der Waals surface area contributed by atoms with Crippen LogP contribution in [0.5, 0.6) is 0 Å². The van der Waals surface area contributed by atoms with Gasteiger partial charge in [0.1, 0.15) is 0 Å². The average molecular weight is 204 g/mol. The van der Waals surface area contributed by atoms with Crippen LogP contribution >= 0.6 is 0 Å². The molecule has 3 nitrogen and oxygen atoms in total. The average Bonchev–Trinajstić information content (AvgIpc) is 2.60. The van der Waals surface area contributed by atoms with E-state index >= 15 is 0 Å². The first-order chi connectivity index (χ1) is 7.04. The van der Waals surface area contributed by atoms with E-state index in [-0.39, 0.29) is 5.41 Å². The van der Waals surface area contributed by atoms with Gasteiger partial charge < -0.3 is 10.3 Å². The number of hydrogen-bond donors (Lipinski definition) is 1. The molecule has 0 amide bonds. The minimum atomic E-state index is 0.165. The van der Waals surface area contributed by atoms with Crippen LogP contribution in [0.15, 0.2) is 22.7 Å². The van der Waals surface area contributed by atoms with Gasteiger partial charge in [-0.15, -0.1) is 0 Å². The Labute approximate surface area is 89.2 Å². The number of hydrogen-bond acceptors (Lipinski definition) is 3. The third-order valence-corrected chi connectivity index (χ3v) is 3.16. The highest BCUT2D eigenvalue weighted by Crippen LogP contribution is 2.30. The maximum absolute atomic E-state index is 5.72. The summed E-state index contributed by atoms with van der Waals surface area (Å²) in [4.78, 5) is 0. The summed E-state index contributed by atoms with van der Waals surface area (Å²) in [5, 5.41) is 4.66. The van der Waals surface area contributed by atoms with E-state index in [1.807, 2.05) is 6.07 Å². The topological polar surface area (TPSA) is 52.0 Å². The fourth-order valence-corrected chi connectivity index (χ4v) is 1.58. The lowest BCUT2D eigenvalue weighted by atomic mass is 9.82. The van der Waals surface area contributed by atoms with Gasteiger partial charge in [-0.2, -0.15) is 0 Å². The summed E-state index contributed by atoms with van der Waals surface area (Å²) in [6.45, 7) is 6.62. The summed E-state index contributed by atoms with van der Waals surface area (Å²) in [6, 6.07) is 6.09. The molecule has 2 aromatic rings. The summed E-state index contributed by atoms with van der Waals surface area (Å²) in [5.41, 5.74) is 7.91. The second-order valence-electron chi connectivity index (χ2n) is 4.52. The summed E-state index contributed by atoms with van der Waals surface area (Å²) in [5.74, 6) is 0.471. The Morgan fingerprint density at radius 3 is 2.80 bits per heavy atom. The molecule has 0 saturated heterocycles. The minimum absolute atomic E-state index is 0.165. The fourth-order valence-electron chi connectivity index (χ4n) is 1.58. The number of nitrogens with zero attached hydrogens (tertiary/aromatic N) is 1. The number of aromatic nitrogens is 1. The van der Waals surface area contributed by atoms with Crippen LogP contribution in [-0.2, 0) is 5.41 Å². The van der Waals surface area contributed by atoms with Gasteiger partial charge in [0, 0.05) is 0 Å². The number of fused-ring (bicyclic) bond motifs is 1. The second kappa shape index (κ2) is 3.26. The lowest BCUT2D eigenvalue weighted by Crippen LogP contribution is -2.15. The van der Waals surface area contributed by atoms with Crippen LogP contribution in [0.2, 0.25) is 0 Å². The molecule has 0 aliphatic carbocycles. The number of rotatable bonds is 2. The van der Waals surface area contributed by atoms with Crippen molar-refractivity contribution in [1.29, 1.82) is 0 Å². The molecule has 15 heavy (non-hydrogen) atoms. The first kappa shape index (κ1) is 10.0. The van der Waals surface area contributed by atoms with Crippen LogP contribution in [-0.4, -0.2) is 5.16 Å². The highest BCUT2D eigenvalue weighted by molar-refractivity contribution is 5.87. The molecule has 80 valence electrons. The van der Waals surface area contributed by atoms with Crippen molar-refractivity contribution in [3.63, 3.8) is 0 Å². The highest BCUT2D eigenvalue weighted by Gasteiger charge is 2.19. The van der Waals surface area contributed by atoms with E-state index < -0.39 is 0 Å². The molecule has 2 rings (SSSR count). The lowest BCUT2D eigenvalue weighted by molar-refractivity contribution is 0.460. The van der Waals surface area contributed by atoms with Gasteiger partial charge >= 0.3 is 0 Å². The van der Waals surface area contributed by atoms with Gasteiger partial charge in [-0.3, -0.25) is 0 Å². The molecule has 0 spiro atoms. The first-order valence-corrected chi connectivity index (χ1v) is 5.20. The molecular weight excluding hydrogens is 188 g/mol. The Kier molecular flexibility index (Phi) is 2.18. The third kappa shape index (κ3) is 1.58. The predicted octanol–water partition coefficient (Wildman–Crippen LogP) is 3.10. The zero-order valence-electron chi connectivity index (χ0n) is 9.37. The van der Waals surface area contributed by atoms with Crippen molar-refractivity contribution in [2.24, 2.45) is 0 Å². The van der Waals surface area contributed by atoms with Crippen LogP contribution in [0.25, 0.3) is 11.0 Å². The molecule has 1 aromatic heterocycles. The van der Waals surface area contributed by atoms with Crippen LogP contribution in [0.4, 0.5) is 5.82 Å². The first-order valence-electron chi connectivity index (χ1n) is 5.20. The van der Waals surface area contributed by atoms with Crippen LogP contribution in [0, 0.1) is 0 Å². The molecule has 0 aliphatic rings. The smallest absolute Gasteiger partial charge is 0.174 e. The number of nitrogen functional groups attached to an aromatic ring is 1. The standard InChI is InChI=1S/C12H16N2O/c1-4-12(2,3)8-5-6-10-9(7-8)11(13)14-15-10/h5-7H,4H2,1-3H3,(H2,13,14). The zero-order valence-corrected chi connectivity index (χ0v) is 9.37. The monoisotopic (exact) mass is 204 g/mol. The Morgan fingerprint density at radius 2 is 2.13 bits per heavy atom. The molecule has 3 heteroatoms. The number of nitrogens with two attached hydrogens (primary N) is 1. The lowest BCUT2D eigenvalue weighted by Gasteiger charge is -2.23. The van der Waals surface area contributed by atoms with E-state index in [4.69, 9.17) is 10.3 Å². The SMILES string of the molecule is CCC(C)(C)c1ccc2onc(N)c2c1. The van der Waals surface area contributed by atoms with Gasteiger partial charge in [0.05, 0.1) is 5.39 Å². The van der Waals surface area contributed by atoms with E-state index in [9.17, 15) is 0 Å². The van der Waals surface area contributed by atoms with E-state index in [1.54, 1.807) is 0 Å². The molecule has 1 heterocycles. The summed E-state index contributed by atoms with van der Waals surface area (Å²) >= 11 is 0. The number of benzene rings is 1. The van der Waals surface area contributed by atoms with Crippen molar-refractivity contribution < 1.29 is 4.52 Å². The van der Waals surface area contributed by atoms with Crippen molar-refractivity contribution in [3.05, 3.63) is 23.8 Å². The maximum atomic E-state index is 5.72. The molecule has 0 radical (unpaired) electrons. The summed E-state index contributed by atoms with van der Waals surface area (Å²) in [7, 11) is 0. The Morgan fingerprint density at radius 1 is 1.40 bits per heavy atom. The van der Waals surface area contributed by atoms with Crippen molar-refractivity contribution in [2.45, 2.75) is 32.6 Å². The van der Waals surface area contributed by atoms with E-state index in [2.05, 4.69) is 38.1 Å². The van der Waals surface area contributed by atoms with Gasteiger partial charge in [0.25, 0.3) is 0 Å². The molecular formula is C12H16N2O. The predicted molar refractivity (Wildman–Crippen MR) is 61.7 cm³/mol. The molecule has 0 fully saturated rings. The minimum Gasteiger partial charge on any atom is -0.380 e. The molecule has 0 atom stereocenters. The summed E-state index contributed by atoms with van der Waals surface area (Å²) < 4.78 is 5.07. The van der Waals surface area contributed by atoms with Gasteiger partial charge in [-0.05, 0) is 29.5 Å². The van der Waals surface area contributed by atoms with Crippen LogP contribution in [0.1, 0.15) is 32.8 Å². The van der Waals surface area contributed by atoms with Crippen molar-refractivity contribution in [2.75, 3.05) is 5.73 Å². The molecule has 2 N–H and O–H groups in total. The summed E-state index contributed by atoms with van der Waals surface area (Å²) in [6.07, 6.45) is 1.09. The molecule has 0 aliphatic heterocycles. The Hall–Kier alpha value is -1.51. The van der Waals surface area contributed by atoms with E-state index in [0.29, 0.717) is 5.82 Å². The van der Waals surface area contributed by atoms with Crippen LogP contribution < -0.4 is 5.73 Å². The third-order valence-electron chi connectivity index (χ3n) is 3.16. The second-order valence-corrected chi connectivity index (χ2v) is 4.52. The number of anilines is 1. The molecule has 0 bridgehead atoms. The van der Waals surface area contributed by atoms with Gasteiger partial charge in [-0.25, -0.2) is 0 Å². The molecule has 0 unspecified atom stereocenters. The Bertz CT molecular complexity index is 485. The zero-order chi connectivity index (χ0) is 11.1. The molecule has 1 aromatic carbocycles. The van der Waals surface area contributed by atoms with Crippen LogP contribution in [0.3, 0.4) is 0 Å². The fraction of sp³-hybridized carbons (Fsp3) is 0.417. The van der Waals surface area contributed by atoms with E-state index in [1.165, 1.54) is 5.56 Å². The van der Waals surface area contributed by atoms with Gasteiger partial charge in [-0.1, -0.05) is 32.0 Å². The highest BCUT2D eigenvalue weighted by atomic mass is 16.5. The maximum Gasteiger partial charge on any atom is 0.174 e.